The standard InChI is InChI=1S/C13H23N3OS2.C11H19N3OS2.C9H15N3OS2.C8H13N3OS2.C7H11N3OS2/c1-2-3-4-5-6-7-8-9-10-17-11-14-12(18)16-13(19)15-11;1-2-3-4-5-6-7-8-15-9-12-10(16)14-11(17)13-9;1-2-3-4-5-6-13-7-10-8(14)12-9(15)11-7;1-2-3-4-5-12-6-9-7(13)11-8(14)10-6;1-3-4(2)11-5-8-6(12)10-7(13)9-5/h2-10H2,1H3,(H2,14,15,16,18,19);2-8H2,1H3,(H2,12,13,14,16,17);2-6H2,1H3,(H2,10,11,12,14,15);2-5H2,1H3,(H2,9,10,11,13,14);4H,3H2,1-2H3,(H2,8,9,10,12,13). The highest BCUT2D eigenvalue weighted by Crippen LogP contribution is 2.11. The molecule has 30 heteroatoms. The van der Waals surface area contributed by atoms with Crippen LogP contribution in [0.1, 0.15) is 183 Å². The average molecular weight is 1270 g/mol. The lowest BCUT2D eigenvalue weighted by atomic mass is 10.1. The molecule has 5 aromatic rings. The first kappa shape index (κ1) is 72.3. The average Bonchev–Trinajstić information content (AvgIpc) is 3.36. The van der Waals surface area contributed by atoms with Crippen molar-refractivity contribution in [3.8, 4) is 30.1 Å². The molecule has 5 rings (SSSR count). The van der Waals surface area contributed by atoms with Crippen molar-refractivity contribution in [2.45, 2.75) is 189 Å². The molecule has 20 nitrogen and oxygen atoms in total. The maximum Gasteiger partial charge on any atom is 0.298 e. The van der Waals surface area contributed by atoms with Gasteiger partial charge < -0.3 is 48.6 Å². The number of rotatable bonds is 32. The zero-order chi connectivity index (χ0) is 57.8. The normalized spacial score (nSPS) is 10.7. The highest BCUT2D eigenvalue weighted by atomic mass is 32.1. The zero-order valence-electron chi connectivity index (χ0n) is 45.8. The van der Waals surface area contributed by atoms with Gasteiger partial charge in [-0.15, -0.1) is 0 Å². The highest BCUT2D eigenvalue weighted by molar-refractivity contribution is 7.73. The maximum absolute atomic E-state index is 5.49. The monoisotopic (exact) mass is 1270 g/mol. The predicted octanol–water partition coefficient (Wildman–Crippen LogP) is 16.9. The molecule has 5 heterocycles. The maximum atomic E-state index is 5.49. The van der Waals surface area contributed by atoms with E-state index in [1.807, 2.05) is 13.8 Å². The van der Waals surface area contributed by atoms with Gasteiger partial charge in [0, 0.05) is 0 Å². The first-order valence-corrected chi connectivity index (χ1v) is 30.8. The van der Waals surface area contributed by atoms with Gasteiger partial charge in [0.05, 0.1) is 32.5 Å². The van der Waals surface area contributed by atoms with Gasteiger partial charge in [-0.05, 0) is 161 Å². The number of H-pyrrole nitrogens is 10. The molecule has 0 saturated heterocycles. The Kier molecular flexibility index (Phi) is 43.5. The van der Waals surface area contributed by atoms with Crippen molar-refractivity contribution in [3.05, 3.63) is 47.7 Å². The summed E-state index contributed by atoms with van der Waals surface area (Å²) < 4.78 is 31.0. The molecular formula is C48H81N15O5S10. The van der Waals surface area contributed by atoms with Crippen LogP contribution >= 0.6 is 122 Å². The zero-order valence-corrected chi connectivity index (χ0v) is 54.0. The minimum Gasteiger partial charge on any atom is -0.465 e. The van der Waals surface area contributed by atoms with Crippen molar-refractivity contribution in [3.63, 3.8) is 0 Å². The van der Waals surface area contributed by atoms with Gasteiger partial charge in [0.1, 0.15) is 0 Å². The van der Waals surface area contributed by atoms with Crippen molar-refractivity contribution in [2.24, 2.45) is 0 Å². The Morgan fingerprint density at radius 3 is 0.756 bits per heavy atom. The quantitative estimate of drug-likeness (QED) is 0.0142. The molecule has 5 aromatic heterocycles. The lowest BCUT2D eigenvalue weighted by molar-refractivity contribution is 0.198. The summed E-state index contributed by atoms with van der Waals surface area (Å²) >= 11 is 49.0. The number of aromatic amines is 10. The molecule has 1 unspecified atom stereocenters. The van der Waals surface area contributed by atoms with E-state index in [0.717, 1.165) is 38.5 Å². The van der Waals surface area contributed by atoms with Crippen LogP contribution < -0.4 is 23.7 Å². The summed E-state index contributed by atoms with van der Waals surface area (Å²) in [5.74, 6) is 0. The summed E-state index contributed by atoms with van der Waals surface area (Å²) in [5, 5.41) is 0. The minimum atomic E-state index is 0.106. The summed E-state index contributed by atoms with van der Waals surface area (Å²) in [6, 6.07) is 2.00. The topological polar surface area (TPSA) is 268 Å². The van der Waals surface area contributed by atoms with E-state index in [-0.39, 0.29) is 6.10 Å². The molecule has 0 amide bonds. The molecule has 0 saturated carbocycles. The number of nitrogens with one attached hydrogen (secondary N) is 10. The number of nitrogens with zero attached hydrogens (tertiary/aromatic N) is 5. The van der Waals surface area contributed by atoms with Crippen molar-refractivity contribution in [1.82, 2.24) is 74.8 Å². The third-order valence-electron chi connectivity index (χ3n) is 10.3. The molecule has 0 fully saturated rings. The van der Waals surface area contributed by atoms with Crippen LogP contribution in [0, 0.1) is 47.7 Å². The van der Waals surface area contributed by atoms with E-state index in [4.69, 9.17) is 146 Å². The van der Waals surface area contributed by atoms with Gasteiger partial charge in [-0.2, -0.15) is 24.9 Å². The van der Waals surface area contributed by atoms with E-state index in [1.165, 1.54) is 103 Å². The molecule has 0 aliphatic carbocycles. The van der Waals surface area contributed by atoms with Crippen molar-refractivity contribution < 1.29 is 23.7 Å². The first-order valence-electron chi connectivity index (χ1n) is 26.7. The SMILES string of the molecule is CCC(C)Oc1nc(=S)[nH]c(=S)[nH]1.CCCCCCCCCCOc1nc(=S)[nH]c(=S)[nH]1.CCCCCCCCOc1nc(=S)[nH]c(=S)[nH]1.CCCCCCOc1nc(=S)[nH]c(=S)[nH]1.CCCCCOc1nc(=S)[nH]c(=S)[nH]1. The molecule has 0 aromatic carbocycles. The summed E-state index contributed by atoms with van der Waals surface area (Å²) in [7, 11) is 0. The fourth-order valence-corrected chi connectivity index (χ4v) is 8.31. The second-order valence-electron chi connectivity index (χ2n) is 17.2. The number of ether oxygens (including phenoxy) is 5. The van der Waals surface area contributed by atoms with E-state index < -0.39 is 0 Å². The Morgan fingerprint density at radius 2 is 0.500 bits per heavy atom. The van der Waals surface area contributed by atoms with Crippen LogP contribution in [0.25, 0.3) is 0 Å². The lowest BCUT2D eigenvalue weighted by Crippen LogP contribution is -2.12. The number of hydrogen-bond acceptors (Lipinski definition) is 20. The molecule has 0 radical (unpaired) electrons. The molecule has 0 aliphatic rings. The van der Waals surface area contributed by atoms with Gasteiger partial charge >= 0.3 is 0 Å². The molecule has 0 aliphatic heterocycles. The van der Waals surface area contributed by atoms with Gasteiger partial charge in [0.2, 0.25) is 23.9 Å². The number of hydrogen-bond donors (Lipinski definition) is 10. The van der Waals surface area contributed by atoms with E-state index in [9.17, 15) is 0 Å². The lowest BCUT2D eigenvalue weighted by Gasteiger charge is -2.09. The van der Waals surface area contributed by atoms with Gasteiger partial charge in [-0.1, -0.05) is 144 Å². The molecule has 0 bridgehead atoms. The number of unbranched alkanes of at least 4 members (excludes halogenated alkanes) is 17. The first-order chi connectivity index (χ1) is 37.5. The van der Waals surface area contributed by atoms with Crippen molar-refractivity contribution in [2.75, 3.05) is 26.4 Å². The van der Waals surface area contributed by atoms with Crippen LogP contribution in [0.3, 0.4) is 0 Å². The summed E-state index contributed by atoms with van der Waals surface area (Å²) in [4.78, 5) is 47.4. The van der Waals surface area contributed by atoms with Crippen LogP contribution in [0.2, 0.25) is 0 Å². The van der Waals surface area contributed by atoms with Crippen LogP contribution in [-0.2, 0) is 0 Å². The van der Waals surface area contributed by atoms with E-state index >= 15 is 0 Å². The minimum absolute atomic E-state index is 0.106. The predicted molar refractivity (Wildman–Crippen MR) is 335 cm³/mol. The third-order valence-corrected chi connectivity index (χ3v) is 12.3. The fourth-order valence-electron chi connectivity index (χ4n) is 6.15. The Hall–Kier alpha value is -3.75. The van der Waals surface area contributed by atoms with Crippen LogP contribution in [-0.4, -0.2) is 107 Å². The van der Waals surface area contributed by atoms with Crippen LogP contribution in [0.4, 0.5) is 0 Å². The molecular weight excluding hydrogens is 1190 g/mol. The van der Waals surface area contributed by atoms with Crippen LogP contribution in [0.5, 0.6) is 30.1 Å². The molecule has 0 spiro atoms. The largest absolute Gasteiger partial charge is 0.465 e. The van der Waals surface area contributed by atoms with Crippen LogP contribution in [0.15, 0.2) is 0 Å². The Labute approximate surface area is 509 Å². The number of aromatic nitrogens is 15. The van der Waals surface area contributed by atoms with Gasteiger partial charge in [0.25, 0.3) is 30.1 Å². The molecule has 10 N–H and O–H groups in total. The van der Waals surface area contributed by atoms with Gasteiger partial charge in [0.15, 0.2) is 23.9 Å². The smallest absolute Gasteiger partial charge is 0.298 e. The van der Waals surface area contributed by atoms with Crippen molar-refractivity contribution >= 4 is 122 Å². The Bertz CT molecular complexity index is 2830. The molecule has 1 atom stereocenters. The van der Waals surface area contributed by atoms with Crippen molar-refractivity contribution in [1.29, 1.82) is 0 Å². The molecule has 438 valence electrons. The summed E-state index contributed by atoms with van der Waals surface area (Å²) in [5.41, 5.74) is 0. The van der Waals surface area contributed by atoms with E-state index in [2.05, 4.69) is 102 Å². The molecule has 78 heavy (non-hydrogen) atoms. The fraction of sp³-hybridized carbons (Fsp3) is 0.688. The van der Waals surface area contributed by atoms with Gasteiger partial charge in [-0.25, -0.2) is 0 Å². The Balaban J connectivity index is 0.000000490. The second-order valence-corrected chi connectivity index (χ2v) is 21.2. The van der Waals surface area contributed by atoms with E-state index in [0.29, 0.717) is 104 Å². The second kappa shape index (κ2) is 46.9. The highest BCUT2D eigenvalue weighted by Gasteiger charge is 2.03. The van der Waals surface area contributed by atoms with Gasteiger partial charge in [-0.3, -0.25) is 24.9 Å². The third kappa shape index (κ3) is 40.4. The Morgan fingerprint density at radius 1 is 0.295 bits per heavy atom. The van der Waals surface area contributed by atoms with E-state index in [1.54, 1.807) is 0 Å². The summed E-state index contributed by atoms with van der Waals surface area (Å²) in [6.07, 6.45) is 26.7. The summed E-state index contributed by atoms with van der Waals surface area (Å²) in [6.45, 7) is 15.4.